The van der Waals surface area contributed by atoms with E-state index in [0.717, 1.165) is 17.5 Å². The second-order valence-corrected chi connectivity index (χ2v) is 12.3. The number of carbonyl (C=O) groups is 3. The molecule has 0 bridgehead atoms. The van der Waals surface area contributed by atoms with E-state index < -0.39 is 28.3 Å². The Morgan fingerprint density at radius 1 is 0.870 bits per heavy atom. The number of hydrogen-bond acceptors (Lipinski definition) is 13. The van der Waals surface area contributed by atoms with Crippen LogP contribution in [0.15, 0.2) is 77.9 Å². The van der Waals surface area contributed by atoms with E-state index >= 15 is 0 Å². The molecule has 18 heteroatoms. The zero-order chi connectivity index (χ0) is 39.6. The quantitative estimate of drug-likeness (QED) is 0.0165. The first-order chi connectivity index (χ1) is 25.8. The molecular weight excluding hydrogens is 706 g/mol. The van der Waals surface area contributed by atoms with E-state index in [2.05, 4.69) is 14.8 Å². The van der Waals surface area contributed by atoms with Gasteiger partial charge in [0.1, 0.15) is 18.4 Å². The summed E-state index contributed by atoms with van der Waals surface area (Å²) < 4.78 is 10.7. The van der Waals surface area contributed by atoms with Crippen molar-refractivity contribution < 1.29 is 43.7 Å². The van der Waals surface area contributed by atoms with Crippen molar-refractivity contribution in [3.8, 4) is 16.9 Å². The molecule has 0 aliphatic heterocycles. The Kier molecular flexibility index (Phi) is 16.6. The van der Waals surface area contributed by atoms with Crippen LogP contribution in [-0.4, -0.2) is 63.3 Å². The Labute approximate surface area is 311 Å². The zero-order valence-electron chi connectivity index (χ0n) is 30.3. The lowest BCUT2D eigenvalue weighted by Gasteiger charge is -2.33. The monoisotopic (exact) mass is 751 g/mol. The van der Waals surface area contributed by atoms with E-state index in [1.165, 1.54) is 11.0 Å². The van der Waals surface area contributed by atoms with Crippen LogP contribution in [0.3, 0.4) is 0 Å². The lowest BCUT2D eigenvalue weighted by Crippen LogP contribution is -2.49. The number of hydrazone groups is 1. The number of esters is 1. The van der Waals surface area contributed by atoms with Gasteiger partial charge in [0.15, 0.2) is 5.84 Å². The van der Waals surface area contributed by atoms with E-state index in [9.17, 15) is 34.6 Å². The Morgan fingerprint density at radius 2 is 1.56 bits per heavy atom. The molecule has 0 fully saturated rings. The van der Waals surface area contributed by atoms with Crippen molar-refractivity contribution >= 4 is 23.8 Å². The molecule has 4 N–H and O–H groups in total. The summed E-state index contributed by atoms with van der Waals surface area (Å²) in [6.07, 6.45) is 1.26. The van der Waals surface area contributed by atoms with Gasteiger partial charge in [-0.25, -0.2) is 15.4 Å². The second kappa shape index (κ2) is 21.3. The molecule has 0 saturated carbocycles. The fourth-order valence-electron chi connectivity index (χ4n) is 5.30. The minimum absolute atomic E-state index is 0.0653. The lowest BCUT2D eigenvalue weighted by molar-refractivity contribution is -0.763. The molecular formula is C36H45N7O11. The van der Waals surface area contributed by atoms with Crippen LogP contribution in [-0.2, 0) is 37.2 Å². The number of ether oxygens (including phenoxy) is 2. The number of nitrogens with zero attached hydrogens (tertiary/aromatic N) is 5. The average Bonchev–Trinajstić information content (AvgIpc) is 3.14. The number of unbranched alkanes of at least 4 members (excludes halogenated alkanes) is 2. The zero-order valence-corrected chi connectivity index (χ0v) is 30.3. The molecule has 0 aromatic heterocycles. The fourth-order valence-corrected chi connectivity index (χ4v) is 5.30. The summed E-state index contributed by atoms with van der Waals surface area (Å²) in [6, 6.07) is 19.6. The lowest BCUT2D eigenvalue weighted by atomic mass is 9.97. The third-order valence-corrected chi connectivity index (χ3v) is 7.91. The molecule has 1 atom stereocenters. The highest BCUT2D eigenvalue weighted by molar-refractivity contribution is 6.03. The minimum atomic E-state index is -0.979. The number of carbonyl (C=O) groups excluding carboxylic acids is 3. The van der Waals surface area contributed by atoms with Crippen LogP contribution in [0.5, 0.6) is 5.75 Å². The van der Waals surface area contributed by atoms with Crippen LogP contribution in [0.25, 0.3) is 11.1 Å². The molecule has 0 spiro atoms. The molecule has 54 heavy (non-hydrogen) atoms. The van der Waals surface area contributed by atoms with E-state index in [1.807, 2.05) is 51.1 Å². The Morgan fingerprint density at radius 3 is 2.22 bits per heavy atom. The van der Waals surface area contributed by atoms with Crippen molar-refractivity contribution in [2.75, 3.05) is 13.2 Å². The second-order valence-electron chi connectivity index (χ2n) is 12.3. The molecule has 2 amide bonds. The van der Waals surface area contributed by atoms with E-state index in [-0.39, 0.29) is 62.6 Å². The highest BCUT2D eigenvalue weighted by Gasteiger charge is 2.34. The summed E-state index contributed by atoms with van der Waals surface area (Å²) in [5, 5.41) is 23.5. The summed E-state index contributed by atoms with van der Waals surface area (Å²) >= 11 is 0. The first-order valence-electron chi connectivity index (χ1n) is 17.2. The van der Waals surface area contributed by atoms with Crippen LogP contribution in [0.4, 0.5) is 4.79 Å². The summed E-state index contributed by atoms with van der Waals surface area (Å²) in [6.45, 7) is 5.20. The molecule has 3 aromatic rings. The maximum absolute atomic E-state index is 13.7. The van der Waals surface area contributed by atoms with E-state index in [4.69, 9.17) is 21.1 Å². The van der Waals surface area contributed by atoms with Crippen molar-refractivity contribution in [3.63, 3.8) is 0 Å². The van der Waals surface area contributed by atoms with E-state index in [1.54, 1.807) is 36.4 Å². The number of amides is 2. The van der Waals surface area contributed by atoms with Gasteiger partial charge in [0, 0.05) is 18.5 Å². The summed E-state index contributed by atoms with van der Waals surface area (Å²) in [5.74, 6) is 4.67. The first-order valence-corrected chi connectivity index (χ1v) is 17.2. The normalized spacial score (nSPS) is 11.7. The Hall–Kier alpha value is -6.30. The van der Waals surface area contributed by atoms with Crippen molar-refractivity contribution in [3.05, 3.63) is 110 Å². The number of hydrogen-bond donors (Lipinski definition) is 2. The number of nitrogens with two attached hydrogens (primary N) is 2. The van der Waals surface area contributed by atoms with Gasteiger partial charge in [0.25, 0.3) is 10.2 Å². The molecule has 0 heterocycles. The summed E-state index contributed by atoms with van der Waals surface area (Å²) in [5.41, 5.74) is 9.31. The van der Waals surface area contributed by atoms with Crippen molar-refractivity contribution in [2.45, 2.75) is 72.1 Å². The van der Waals surface area contributed by atoms with Gasteiger partial charge in [0.2, 0.25) is 5.91 Å². The highest BCUT2D eigenvalue weighted by atomic mass is 17.0. The summed E-state index contributed by atoms with van der Waals surface area (Å²) in [4.78, 5) is 70.6. The van der Waals surface area contributed by atoms with Gasteiger partial charge in [-0.1, -0.05) is 87.9 Å². The van der Waals surface area contributed by atoms with Gasteiger partial charge in [0.05, 0.1) is 13.2 Å². The molecule has 0 saturated heterocycles. The van der Waals surface area contributed by atoms with Crippen molar-refractivity contribution in [2.24, 2.45) is 22.6 Å². The largest absolute Gasteiger partial charge is 0.447 e. The topological polar surface area (TPSA) is 245 Å². The maximum atomic E-state index is 13.7. The van der Waals surface area contributed by atoms with Gasteiger partial charge in [-0.2, -0.15) is 0 Å². The molecule has 0 aliphatic rings. The predicted molar refractivity (Wildman–Crippen MR) is 195 cm³/mol. The van der Waals surface area contributed by atoms with Crippen LogP contribution in [0.2, 0.25) is 0 Å². The highest BCUT2D eigenvalue weighted by Crippen LogP contribution is 2.26. The van der Waals surface area contributed by atoms with Crippen molar-refractivity contribution in [1.82, 2.24) is 10.0 Å². The standard InChI is InChI=1S/C36H45N7O11/c1-4-5-15-32(44)40(33(25(2)3)35(45)54-29-12-10-11-27(22-29)24-53-43(49)50)23-26-16-18-28(19-17-26)30-13-6-7-14-31(30)34(37)39-41(38)36(46)51-20-8-9-21-52-42(47)48/h6-7,10-14,16-19,22,25,33H,4-5,8-9,15,20-21,23-24,38H2,1-3H3,(H2,37,39). The van der Waals surface area contributed by atoms with Gasteiger partial charge in [-0.3, -0.25) is 4.79 Å². The molecule has 3 aromatic carbocycles. The average molecular weight is 752 g/mol. The Bertz CT molecular complexity index is 1770. The molecule has 18 nitrogen and oxygen atoms in total. The number of benzene rings is 3. The van der Waals surface area contributed by atoms with Crippen LogP contribution < -0.4 is 16.3 Å². The van der Waals surface area contributed by atoms with Crippen LogP contribution in [0.1, 0.15) is 69.6 Å². The van der Waals surface area contributed by atoms with Gasteiger partial charge in [-0.15, -0.1) is 30.4 Å². The van der Waals surface area contributed by atoms with Gasteiger partial charge < -0.3 is 29.8 Å². The predicted octanol–water partition coefficient (Wildman–Crippen LogP) is 5.13. The smallest absolute Gasteiger partial charge is 0.445 e. The fraction of sp³-hybridized carbons (Fsp3) is 0.389. The van der Waals surface area contributed by atoms with E-state index in [0.29, 0.717) is 34.6 Å². The Balaban J connectivity index is 1.79. The number of amidine groups is 1. The number of hydrazine groups is 1. The van der Waals surface area contributed by atoms with Crippen LogP contribution in [0, 0.1) is 26.1 Å². The third-order valence-electron chi connectivity index (χ3n) is 7.91. The van der Waals surface area contributed by atoms with Gasteiger partial charge in [-0.05, 0) is 59.6 Å². The van der Waals surface area contributed by atoms with Crippen molar-refractivity contribution in [1.29, 1.82) is 0 Å². The summed E-state index contributed by atoms with van der Waals surface area (Å²) in [7, 11) is 0. The molecule has 0 aliphatic carbocycles. The first kappa shape index (κ1) is 42.1. The van der Waals surface area contributed by atoms with Gasteiger partial charge >= 0.3 is 12.1 Å². The molecule has 3 rings (SSSR count). The molecule has 0 radical (unpaired) electrons. The van der Waals surface area contributed by atoms with Crippen LogP contribution >= 0.6 is 0 Å². The number of rotatable bonds is 21. The SMILES string of the molecule is CCCCC(=O)N(Cc1ccc(-c2ccccc2/C(N)=N/N(N)C(=O)OCCCCO[N+](=O)[O-])cc1)C(C(=O)Oc1cccc(CO[N+](=O)[O-])c1)C(C)C. The molecule has 1 unspecified atom stereocenters. The molecule has 290 valence electrons. The maximum Gasteiger partial charge on any atom is 0.445 e. The third kappa shape index (κ3) is 13.4. The minimum Gasteiger partial charge on any atom is -0.447 e.